The molecule has 0 aromatic rings. The Labute approximate surface area is 118 Å². The summed E-state index contributed by atoms with van der Waals surface area (Å²) in [6, 6.07) is 1.74. The second-order valence-electron chi connectivity index (χ2n) is 4.99. The van der Waals surface area contributed by atoms with Crippen molar-refractivity contribution in [2.75, 3.05) is 13.1 Å². The van der Waals surface area contributed by atoms with E-state index in [0.29, 0.717) is 19.5 Å². The molecule has 6 heteroatoms. The first-order chi connectivity index (χ1) is 9.60. The van der Waals surface area contributed by atoms with Gasteiger partial charge in [-0.25, -0.2) is 0 Å². The highest BCUT2D eigenvalue weighted by Gasteiger charge is 2.29. The standard InChI is InChI=1S/C14H21N3O3/c1-2-7-16-14(20)11(9-15)12(18)4-3-8-17-13(19)10-5-6-10/h10-11H,2-8H2,1H3,(H,16,20)(H,17,19). The minimum atomic E-state index is -1.24. The fourth-order valence-electron chi connectivity index (χ4n) is 1.74. The molecule has 0 aromatic carbocycles. The molecule has 110 valence electrons. The summed E-state index contributed by atoms with van der Waals surface area (Å²) < 4.78 is 0. The predicted molar refractivity (Wildman–Crippen MR) is 72.4 cm³/mol. The maximum atomic E-state index is 11.8. The van der Waals surface area contributed by atoms with Gasteiger partial charge in [-0.1, -0.05) is 6.92 Å². The van der Waals surface area contributed by atoms with E-state index < -0.39 is 11.8 Å². The van der Waals surface area contributed by atoms with Gasteiger partial charge in [0.1, 0.15) is 0 Å². The Morgan fingerprint density at radius 3 is 2.50 bits per heavy atom. The van der Waals surface area contributed by atoms with Crippen molar-refractivity contribution in [3.63, 3.8) is 0 Å². The number of hydrogen-bond acceptors (Lipinski definition) is 4. The predicted octanol–water partition coefficient (Wildman–Crippen LogP) is 0.528. The molecule has 0 aromatic heterocycles. The third-order valence-corrected chi connectivity index (χ3v) is 3.11. The molecular weight excluding hydrogens is 258 g/mol. The Bertz CT molecular complexity index is 410. The van der Waals surface area contributed by atoms with E-state index in [1.165, 1.54) is 0 Å². The molecule has 1 aliphatic rings. The molecule has 0 aliphatic heterocycles. The topological polar surface area (TPSA) is 99.1 Å². The summed E-state index contributed by atoms with van der Waals surface area (Å²) in [7, 11) is 0. The van der Waals surface area contributed by atoms with Crippen LogP contribution < -0.4 is 10.6 Å². The van der Waals surface area contributed by atoms with E-state index in [4.69, 9.17) is 5.26 Å². The molecule has 2 N–H and O–H groups in total. The zero-order valence-corrected chi connectivity index (χ0v) is 11.8. The summed E-state index contributed by atoms with van der Waals surface area (Å²) >= 11 is 0. The van der Waals surface area contributed by atoms with Crippen LogP contribution in [0, 0.1) is 23.2 Å². The molecule has 0 bridgehead atoms. The maximum Gasteiger partial charge on any atom is 0.244 e. The molecule has 0 saturated heterocycles. The SMILES string of the molecule is CCCNC(=O)C(C#N)C(=O)CCCNC(=O)C1CC1. The summed E-state index contributed by atoms with van der Waals surface area (Å²) in [6.07, 6.45) is 3.22. The number of rotatable bonds is 9. The molecule has 1 rings (SSSR count). The summed E-state index contributed by atoms with van der Waals surface area (Å²) in [5.74, 6) is -1.96. The van der Waals surface area contributed by atoms with Crippen LogP contribution >= 0.6 is 0 Å². The quantitative estimate of drug-likeness (QED) is 0.475. The average Bonchev–Trinajstić information content (AvgIpc) is 3.26. The zero-order valence-electron chi connectivity index (χ0n) is 11.8. The lowest BCUT2D eigenvalue weighted by molar-refractivity contribution is -0.132. The number of ketones is 1. The molecule has 6 nitrogen and oxygen atoms in total. The van der Waals surface area contributed by atoms with Gasteiger partial charge in [-0.3, -0.25) is 14.4 Å². The summed E-state index contributed by atoms with van der Waals surface area (Å²) in [5, 5.41) is 14.2. The Balaban J connectivity index is 2.23. The molecular formula is C14H21N3O3. The van der Waals surface area contributed by atoms with Crippen LogP contribution in [0.2, 0.25) is 0 Å². The molecule has 1 fully saturated rings. The van der Waals surface area contributed by atoms with Gasteiger partial charge in [0, 0.05) is 25.4 Å². The van der Waals surface area contributed by atoms with Crippen LogP contribution in [0.15, 0.2) is 0 Å². The van der Waals surface area contributed by atoms with E-state index in [1.54, 1.807) is 6.07 Å². The zero-order chi connectivity index (χ0) is 15.0. The lowest BCUT2D eigenvalue weighted by Crippen LogP contribution is -2.35. The van der Waals surface area contributed by atoms with Crippen LogP contribution in [0.4, 0.5) is 0 Å². The molecule has 0 radical (unpaired) electrons. The Hall–Kier alpha value is -1.90. The van der Waals surface area contributed by atoms with Gasteiger partial charge in [0.05, 0.1) is 6.07 Å². The molecule has 1 unspecified atom stereocenters. The van der Waals surface area contributed by atoms with E-state index in [9.17, 15) is 14.4 Å². The molecule has 1 atom stereocenters. The Morgan fingerprint density at radius 2 is 1.95 bits per heavy atom. The second kappa shape index (κ2) is 8.31. The highest BCUT2D eigenvalue weighted by molar-refractivity contribution is 6.03. The molecule has 0 heterocycles. The van der Waals surface area contributed by atoms with Gasteiger partial charge < -0.3 is 10.6 Å². The number of amides is 2. The van der Waals surface area contributed by atoms with Crippen LogP contribution in [0.3, 0.4) is 0 Å². The third kappa shape index (κ3) is 5.39. The van der Waals surface area contributed by atoms with Gasteiger partial charge in [-0.2, -0.15) is 5.26 Å². The number of nitrogens with one attached hydrogen (secondary N) is 2. The van der Waals surface area contributed by atoms with E-state index in [-0.39, 0.29) is 24.0 Å². The van der Waals surface area contributed by atoms with E-state index in [1.807, 2.05) is 6.92 Å². The van der Waals surface area contributed by atoms with Crippen molar-refractivity contribution in [2.45, 2.75) is 39.0 Å². The molecule has 1 saturated carbocycles. The Kier molecular flexibility index (Phi) is 6.71. The lowest BCUT2D eigenvalue weighted by Gasteiger charge is -2.09. The molecule has 1 aliphatic carbocycles. The number of hydrogen-bond donors (Lipinski definition) is 2. The first kappa shape index (κ1) is 16.2. The van der Waals surface area contributed by atoms with E-state index >= 15 is 0 Å². The summed E-state index contributed by atoms with van der Waals surface area (Å²) in [6.45, 7) is 2.77. The summed E-state index contributed by atoms with van der Waals surface area (Å²) in [4.78, 5) is 34.7. The Morgan fingerprint density at radius 1 is 1.25 bits per heavy atom. The van der Waals surface area contributed by atoms with Crippen molar-refractivity contribution in [3.05, 3.63) is 0 Å². The highest BCUT2D eigenvalue weighted by Crippen LogP contribution is 2.28. The smallest absolute Gasteiger partial charge is 0.244 e. The number of nitrogens with zero attached hydrogens (tertiary/aromatic N) is 1. The van der Waals surface area contributed by atoms with Crippen molar-refractivity contribution in [3.8, 4) is 6.07 Å². The first-order valence-corrected chi connectivity index (χ1v) is 7.07. The monoisotopic (exact) mass is 279 g/mol. The summed E-state index contributed by atoms with van der Waals surface area (Å²) in [5.41, 5.74) is 0. The van der Waals surface area contributed by atoms with Crippen molar-refractivity contribution in [1.82, 2.24) is 10.6 Å². The van der Waals surface area contributed by atoms with Crippen molar-refractivity contribution in [2.24, 2.45) is 11.8 Å². The number of nitriles is 1. The maximum absolute atomic E-state index is 11.8. The van der Waals surface area contributed by atoms with Crippen molar-refractivity contribution >= 4 is 17.6 Å². The number of carbonyl (C=O) groups excluding carboxylic acids is 3. The minimum absolute atomic E-state index is 0.0370. The van der Waals surface area contributed by atoms with Crippen LogP contribution in [0.25, 0.3) is 0 Å². The van der Waals surface area contributed by atoms with Gasteiger partial charge in [0.25, 0.3) is 0 Å². The average molecular weight is 279 g/mol. The van der Waals surface area contributed by atoms with E-state index in [0.717, 1.165) is 19.3 Å². The van der Waals surface area contributed by atoms with Gasteiger partial charge >= 0.3 is 0 Å². The van der Waals surface area contributed by atoms with Gasteiger partial charge in [0.2, 0.25) is 11.8 Å². The number of Topliss-reactive ketones (excluding diaryl/α,β-unsaturated/α-hetero) is 1. The number of carbonyl (C=O) groups is 3. The second-order valence-corrected chi connectivity index (χ2v) is 4.99. The largest absolute Gasteiger partial charge is 0.356 e. The van der Waals surface area contributed by atoms with Crippen molar-refractivity contribution < 1.29 is 14.4 Å². The lowest BCUT2D eigenvalue weighted by atomic mass is 10.0. The van der Waals surface area contributed by atoms with Crippen LogP contribution in [0.1, 0.15) is 39.0 Å². The fraction of sp³-hybridized carbons (Fsp3) is 0.714. The fourth-order valence-corrected chi connectivity index (χ4v) is 1.74. The van der Waals surface area contributed by atoms with Crippen LogP contribution in [-0.2, 0) is 14.4 Å². The third-order valence-electron chi connectivity index (χ3n) is 3.11. The van der Waals surface area contributed by atoms with Crippen molar-refractivity contribution in [1.29, 1.82) is 5.26 Å². The van der Waals surface area contributed by atoms with Gasteiger partial charge in [0.15, 0.2) is 11.7 Å². The van der Waals surface area contributed by atoms with Crippen LogP contribution in [-0.4, -0.2) is 30.7 Å². The van der Waals surface area contributed by atoms with Gasteiger partial charge in [-0.15, -0.1) is 0 Å². The van der Waals surface area contributed by atoms with Crippen LogP contribution in [0.5, 0.6) is 0 Å². The minimum Gasteiger partial charge on any atom is -0.356 e. The normalized spacial score (nSPS) is 15.0. The van der Waals surface area contributed by atoms with Gasteiger partial charge in [-0.05, 0) is 25.7 Å². The first-order valence-electron chi connectivity index (χ1n) is 7.07. The molecule has 0 spiro atoms. The molecule has 20 heavy (non-hydrogen) atoms. The molecule has 2 amide bonds. The van der Waals surface area contributed by atoms with E-state index in [2.05, 4.69) is 10.6 Å². The highest BCUT2D eigenvalue weighted by atomic mass is 16.2.